The monoisotopic (exact) mass is 367 g/mol. The molecule has 2 aliphatic heterocycles. The normalized spacial score (nSPS) is 23.4. The van der Waals surface area contributed by atoms with Gasteiger partial charge in [-0.3, -0.25) is 9.78 Å². The summed E-state index contributed by atoms with van der Waals surface area (Å²) in [6.07, 6.45) is 5.94. The number of carbonyl (C=O) groups excluding carboxylic acids is 1. The van der Waals surface area contributed by atoms with Gasteiger partial charge in [0.25, 0.3) is 0 Å². The first kappa shape index (κ1) is 18.2. The Balaban J connectivity index is 1.60. The van der Waals surface area contributed by atoms with E-state index in [4.69, 9.17) is 4.74 Å². The lowest BCUT2D eigenvalue weighted by molar-refractivity contribution is -0.138. The Morgan fingerprint density at radius 1 is 1.22 bits per heavy atom. The maximum Gasteiger partial charge on any atom is 0.222 e. The molecule has 1 amide bonds. The van der Waals surface area contributed by atoms with E-state index in [9.17, 15) is 4.79 Å². The van der Waals surface area contributed by atoms with Gasteiger partial charge >= 0.3 is 0 Å². The largest absolute Gasteiger partial charge is 0.383 e. The van der Waals surface area contributed by atoms with Crippen molar-refractivity contribution in [2.45, 2.75) is 32.6 Å². The van der Waals surface area contributed by atoms with Crippen LogP contribution in [0.25, 0.3) is 10.9 Å². The Morgan fingerprint density at radius 2 is 2.11 bits per heavy atom. The van der Waals surface area contributed by atoms with Crippen LogP contribution < -0.4 is 4.90 Å². The highest BCUT2D eigenvalue weighted by Crippen LogP contribution is 2.41. The molecule has 27 heavy (non-hydrogen) atoms. The Morgan fingerprint density at radius 3 is 2.96 bits per heavy atom. The summed E-state index contributed by atoms with van der Waals surface area (Å²) in [5, 5.41) is 1.23. The van der Waals surface area contributed by atoms with E-state index in [1.165, 1.54) is 29.5 Å². The summed E-state index contributed by atoms with van der Waals surface area (Å²) in [7, 11) is 1.70. The van der Waals surface area contributed by atoms with Gasteiger partial charge in [-0.2, -0.15) is 0 Å². The fraction of sp³-hybridized carbons (Fsp3) is 0.545. The quantitative estimate of drug-likeness (QED) is 0.831. The summed E-state index contributed by atoms with van der Waals surface area (Å²) in [4.78, 5) is 21.4. The third-order valence-corrected chi connectivity index (χ3v) is 6.19. The number of aromatic nitrogens is 1. The van der Waals surface area contributed by atoms with Gasteiger partial charge in [0.05, 0.1) is 12.1 Å². The van der Waals surface area contributed by atoms with E-state index in [0.717, 1.165) is 31.6 Å². The molecule has 1 spiro atoms. The fourth-order valence-corrected chi connectivity index (χ4v) is 4.78. The summed E-state index contributed by atoms with van der Waals surface area (Å²) in [6.45, 7) is 6.38. The maximum atomic E-state index is 12.3. The van der Waals surface area contributed by atoms with Gasteiger partial charge < -0.3 is 14.5 Å². The second kappa shape index (κ2) is 7.47. The van der Waals surface area contributed by atoms with Crippen LogP contribution in [-0.2, 0) is 9.53 Å². The highest BCUT2D eigenvalue weighted by Gasteiger charge is 2.41. The number of amides is 1. The first-order chi connectivity index (χ1) is 13.1. The lowest BCUT2D eigenvalue weighted by Gasteiger charge is -2.49. The van der Waals surface area contributed by atoms with Crippen molar-refractivity contribution < 1.29 is 9.53 Å². The van der Waals surface area contributed by atoms with Crippen molar-refractivity contribution in [1.29, 1.82) is 0 Å². The number of carbonyl (C=O) groups is 1. The molecule has 1 aromatic carbocycles. The van der Waals surface area contributed by atoms with E-state index in [1.54, 1.807) is 7.11 Å². The first-order valence-corrected chi connectivity index (χ1v) is 9.97. The van der Waals surface area contributed by atoms with E-state index in [2.05, 4.69) is 41.1 Å². The minimum absolute atomic E-state index is 0.194. The third-order valence-electron chi connectivity index (χ3n) is 6.19. The van der Waals surface area contributed by atoms with E-state index in [-0.39, 0.29) is 11.3 Å². The molecule has 0 aliphatic carbocycles. The van der Waals surface area contributed by atoms with Gasteiger partial charge in [-0.25, -0.2) is 0 Å². The van der Waals surface area contributed by atoms with Crippen LogP contribution in [0.1, 0.15) is 31.2 Å². The van der Waals surface area contributed by atoms with Crippen molar-refractivity contribution in [2.75, 3.05) is 44.8 Å². The molecule has 5 heteroatoms. The molecular formula is C22H29N3O2. The zero-order valence-corrected chi connectivity index (χ0v) is 16.4. The number of ether oxygens (including phenoxy) is 1. The number of fused-ring (bicyclic) bond motifs is 1. The number of hydrogen-bond acceptors (Lipinski definition) is 4. The highest BCUT2D eigenvalue weighted by molar-refractivity contribution is 5.92. The van der Waals surface area contributed by atoms with E-state index >= 15 is 0 Å². The van der Waals surface area contributed by atoms with Gasteiger partial charge in [0, 0.05) is 62.4 Å². The van der Waals surface area contributed by atoms with Crippen molar-refractivity contribution in [2.24, 2.45) is 5.41 Å². The second-order valence-electron chi connectivity index (χ2n) is 8.18. The van der Waals surface area contributed by atoms with E-state index in [1.807, 2.05) is 11.1 Å². The maximum absolute atomic E-state index is 12.3. The number of likely N-dealkylation sites (tertiary alicyclic amines) is 1. The third kappa shape index (κ3) is 3.65. The number of nitrogens with zero attached hydrogens (tertiary/aromatic N) is 3. The number of hydrogen-bond donors (Lipinski definition) is 0. The van der Waals surface area contributed by atoms with Crippen molar-refractivity contribution in [3.05, 3.63) is 36.0 Å². The van der Waals surface area contributed by atoms with E-state index in [0.29, 0.717) is 19.6 Å². The zero-order valence-electron chi connectivity index (χ0n) is 16.4. The molecule has 1 atom stereocenters. The molecule has 0 bridgehead atoms. The minimum Gasteiger partial charge on any atom is -0.383 e. The van der Waals surface area contributed by atoms with Gasteiger partial charge in [-0.05, 0) is 44.4 Å². The molecule has 1 aromatic heterocycles. The molecule has 0 N–H and O–H groups in total. The first-order valence-electron chi connectivity index (χ1n) is 9.97. The Bertz CT molecular complexity index is 837. The van der Waals surface area contributed by atoms with Crippen molar-refractivity contribution in [3.8, 4) is 0 Å². The number of rotatable bonds is 4. The van der Waals surface area contributed by atoms with Crippen LogP contribution in [0, 0.1) is 12.3 Å². The molecule has 2 aliphatic rings. The predicted octanol–water partition coefficient (Wildman–Crippen LogP) is 3.40. The summed E-state index contributed by atoms with van der Waals surface area (Å²) in [5.74, 6) is 0.278. The summed E-state index contributed by atoms with van der Waals surface area (Å²) in [6, 6.07) is 8.63. The molecule has 3 heterocycles. The number of anilines is 1. The van der Waals surface area contributed by atoms with E-state index < -0.39 is 0 Å². The standard InChI is InChI=1S/C22H29N3O2/c1-17-4-5-19-18(14-17)20(7-10-23-19)24-11-3-8-22(15-24)9-6-21(26)25(16-22)12-13-27-2/h4-5,7,10,14H,3,6,8-9,11-13,15-16H2,1-2H3. The molecule has 1 unspecified atom stereocenters. The Kier molecular flexibility index (Phi) is 5.04. The fourth-order valence-electron chi connectivity index (χ4n) is 4.78. The number of aryl methyl sites for hydroxylation is 1. The molecule has 5 nitrogen and oxygen atoms in total. The van der Waals surface area contributed by atoms with Crippen LogP contribution >= 0.6 is 0 Å². The van der Waals surface area contributed by atoms with Crippen LogP contribution in [0.4, 0.5) is 5.69 Å². The summed E-state index contributed by atoms with van der Waals surface area (Å²) < 4.78 is 5.21. The number of benzene rings is 1. The van der Waals surface area contributed by atoms with Crippen LogP contribution in [-0.4, -0.2) is 55.7 Å². The molecule has 0 saturated carbocycles. The second-order valence-corrected chi connectivity index (χ2v) is 8.18. The van der Waals surface area contributed by atoms with Gasteiger partial charge in [0.2, 0.25) is 5.91 Å². The Hall–Kier alpha value is -2.14. The van der Waals surface area contributed by atoms with Gasteiger partial charge in [-0.15, -0.1) is 0 Å². The summed E-state index contributed by atoms with van der Waals surface area (Å²) in [5.41, 5.74) is 3.79. The molecule has 2 fully saturated rings. The number of pyridine rings is 1. The molecular weight excluding hydrogens is 338 g/mol. The SMILES string of the molecule is COCCN1CC2(CCCN(c3ccnc4ccc(C)cc34)C2)CCC1=O. The topological polar surface area (TPSA) is 45.7 Å². The summed E-state index contributed by atoms with van der Waals surface area (Å²) >= 11 is 0. The van der Waals surface area contributed by atoms with Crippen LogP contribution in [0.15, 0.2) is 30.5 Å². The minimum atomic E-state index is 0.194. The molecule has 2 aromatic rings. The number of methoxy groups -OCH3 is 1. The molecule has 2 saturated heterocycles. The van der Waals surface area contributed by atoms with Crippen LogP contribution in [0.3, 0.4) is 0 Å². The van der Waals surface area contributed by atoms with Gasteiger partial charge in [0.1, 0.15) is 0 Å². The number of piperidine rings is 2. The molecule has 0 radical (unpaired) electrons. The van der Waals surface area contributed by atoms with Crippen molar-refractivity contribution in [3.63, 3.8) is 0 Å². The molecule has 4 rings (SSSR count). The predicted molar refractivity (Wildman–Crippen MR) is 108 cm³/mol. The highest BCUT2D eigenvalue weighted by atomic mass is 16.5. The van der Waals surface area contributed by atoms with Crippen LogP contribution in [0.2, 0.25) is 0 Å². The van der Waals surface area contributed by atoms with Gasteiger partial charge in [-0.1, -0.05) is 11.6 Å². The average molecular weight is 367 g/mol. The van der Waals surface area contributed by atoms with Crippen molar-refractivity contribution >= 4 is 22.5 Å². The lowest BCUT2D eigenvalue weighted by Crippen LogP contribution is -2.54. The van der Waals surface area contributed by atoms with Crippen molar-refractivity contribution in [1.82, 2.24) is 9.88 Å². The molecule has 144 valence electrons. The van der Waals surface area contributed by atoms with Gasteiger partial charge in [0.15, 0.2) is 0 Å². The van der Waals surface area contributed by atoms with Crippen LogP contribution in [0.5, 0.6) is 0 Å². The smallest absolute Gasteiger partial charge is 0.222 e. The lowest BCUT2D eigenvalue weighted by atomic mass is 9.73. The average Bonchev–Trinajstić information content (AvgIpc) is 2.68. The Labute approximate surface area is 161 Å². The zero-order chi connectivity index (χ0) is 18.9.